The average Bonchev–Trinajstić information content (AvgIpc) is 3.04. The number of rotatable bonds is 1. The first-order chi connectivity index (χ1) is 8.92. The standard InChI is InChI=1S/C14H11N3O/c1-2-4-13-10(3-1)11(8-18-13)14-16-6-9-5-15-7-12(9)17-14/h1-4,6,8,15H,5,7H2. The molecule has 0 unspecified atom stereocenters. The third kappa shape index (κ3) is 1.36. The van der Waals surface area contributed by atoms with Gasteiger partial charge in [-0.05, 0) is 6.07 Å². The highest BCUT2D eigenvalue weighted by molar-refractivity contribution is 5.91. The molecular formula is C14H11N3O. The van der Waals surface area contributed by atoms with Gasteiger partial charge in [0.15, 0.2) is 5.82 Å². The van der Waals surface area contributed by atoms with Crippen molar-refractivity contribution >= 4 is 11.0 Å². The van der Waals surface area contributed by atoms with Gasteiger partial charge in [0.2, 0.25) is 0 Å². The molecule has 0 aliphatic carbocycles. The Labute approximate surface area is 104 Å². The number of hydrogen-bond acceptors (Lipinski definition) is 4. The Balaban J connectivity index is 1.92. The van der Waals surface area contributed by atoms with E-state index in [0.717, 1.165) is 41.1 Å². The lowest BCUT2D eigenvalue weighted by atomic mass is 10.1. The highest BCUT2D eigenvalue weighted by atomic mass is 16.3. The van der Waals surface area contributed by atoms with E-state index in [4.69, 9.17) is 4.42 Å². The molecule has 0 bridgehead atoms. The molecule has 0 fully saturated rings. The van der Waals surface area contributed by atoms with Crippen molar-refractivity contribution in [2.45, 2.75) is 13.1 Å². The summed E-state index contributed by atoms with van der Waals surface area (Å²) in [6.07, 6.45) is 3.63. The Bertz CT molecular complexity index is 733. The van der Waals surface area contributed by atoms with Gasteiger partial charge in [0.25, 0.3) is 0 Å². The van der Waals surface area contributed by atoms with E-state index in [0.29, 0.717) is 0 Å². The van der Waals surface area contributed by atoms with Crippen LogP contribution in [0.1, 0.15) is 11.3 Å². The zero-order valence-electron chi connectivity index (χ0n) is 9.68. The second-order valence-electron chi connectivity index (χ2n) is 4.41. The molecule has 0 radical (unpaired) electrons. The zero-order chi connectivity index (χ0) is 11.9. The molecule has 3 aromatic rings. The molecule has 1 N–H and O–H groups in total. The van der Waals surface area contributed by atoms with Crippen molar-refractivity contribution in [2.75, 3.05) is 0 Å². The van der Waals surface area contributed by atoms with Gasteiger partial charge in [-0.2, -0.15) is 0 Å². The Morgan fingerprint density at radius 2 is 2.11 bits per heavy atom. The summed E-state index contributed by atoms with van der Waals surface area (Å²) in [6.45, 7) is 1.68. The number of nitrogens with one attached hydrogen (secondary N) is 1. The van der Waals surface area contributed by atoms with Crippen LogP contribution in [0.15, 0.2) is 41.1 Å². The second-order valence-corrected chi connectivity index (χ2v) is 4.41. The van der Waals surface area contributed by atoms with Gasteiger partial charge < -0.3 is 9.73 Å². The molecule has 1 aromatic carbocycles. The maximum Gasteiger partial charge on any atom is 0.163 e. The van der Waals surface area contributed by atoms with Gasteiger partial charge in [-0.25, -0.2) is 9.97 Å². The normalized spacial score (nSPS) is 14.0. The van der Waals surface area contributed by atoms with E-state index in [-0.39, 0.29) is 0 Å². The Morgan fingerprint density at radius 3 is 3.11 bits per heavy atom. The topological polar surface area (TPSA) is 51.0 Å². The van der Waals surface area contributed by atoms with E-state index in [1.54, 1.807) is 6.26 Å². The summed E-state index contributed by atoms with van der Waals surface area (Å²) in [4.78, 5) is 9.04. The van der Waals surface area contributed by atoms with Crippen molar-refractivity contribution in [3.63, 3.8) is 0 Å². The molecule has 0 saturated carbocycles. The molecule has 1 aliphatic rings. The summed E-state index contributed by atoms with van der Waals surface area (Å²) in [6, 6.07) is 7.94. The minimum Gasteiger partial charge on any atom is -0.464 e. The minimum atomic E-state index is 0.738. The lowest BCUT2D eigenvalue weighted by Gasteiger charge is -2.00. The predicted molar refractivity (Wildman–Crippen MR) is 67.8 cm³/mol. The first kappa shape index (κ1) is 9.79. The van der Waals surface area contributed by atoms with Crippen LogP contribution >= 0.6 is 0 Å². The van der Waals surface area contributed by atoms with Crippen LogP contribution < -0.4 is 5.32 Å². The summed E-state index contributed by atoms with van der Waals surface area (Å²) in [5.41, 5.74) is 4.10. The van der Waals surface area contributed by atoms with Gasteiger partial charge in [0.1, 0.15) is 11.8 Å². The Morgan fingerprint density at radius 1 is 1.17 bits per heavy atom. The van der Waals surface area contributed by atoms with Gasteiger partial charge in [0.05, 0.1) is 11.3 Å². The van der Waals surface area contributed by atoms with Crippen molar-refractivity contribution in [2.24, 2.45) is 0 Å². The molecular weight excluding hydrogens is 226 g/mol. The van der Waals surface area contributed by atoms with Crippen LogP contribution in [0, 0.1) is 0 Å². The van der Waals surface area contributed by atoms with Crippen LogP contribution in [0.5, 0.6) is 0 Å². The van der Waals surface area contributed by atoms with Crippen LogP contribution in [0.4, 0.5) is 0 Å². The molecule has 0 saturated heterocycles. The molecule has 18 heavy (non-hydrogen) atoms. The van der Waals surface area contributed by atoms with Crippen molar-refractivity contribution in [1.82, 2.24) is 15.3 Å². The van der Waals surface area contributed by atoms with Crippen molar-refractivity contribution in [3.05, 3.63) is 48.0 Å². The van der Waals surface area contributed by atoms with Gasteiger partial charge in [-0.1, -0.05) is 18.2 Å². The average molecular weight is 237 g/mol. The highest BCUT2D eigenvalue weighted by Crippen LogP contribution is 2.28. The summed E-state index contributed by atoms with van der Waals surface area (Å²) in [7, 11) is 0. The molecule has 0 spiro atoms. The van der Waals surface area contributed by atoms with E-state index in [2.05, 4.69) is 15.3 Å². The van der Waals surface area contributed by atoms with E-state index in [1.807, 2.05) is 30.5 Å². The van der Waals surface area contributed by atoms with Crippen LogP contribution in [-0.2, 0) is 13.1 Å². The molecule has 2 aromatic heterocycles. The summed E-state index contributed by atoms with van der Waals surface area (Å²) in [5.74, 6) is 0.738. The number of benzene rings is 1. The van der Waals surface area contributed by atoms with Crippen LogP contribution in [0.2, 0.25) is 0 Å². The van der Waals surface area contributed by atoms with Crippen molar-refractivity contribution in [3.8, 4) is 11.4 Å². The van der Waals surface area contributed by atoms with Gasteiger partial charge in [-0.3, -0.25) is 0 Å². The largest absolute Gasteiger partial charge is 0.464 e. The van der Waals surface area contributed by atoms with Gasteiger partial charge >= 0.3 is 0 Å². The first-order valence-electron chi connectivity index (χ1n) is 5.94. The zero-order valence-corrected chi connectivity index (χ0v) is 9.68. The fourth-order valence-electron chi connectivity index (χ4n) is 2.34. The molecule has 4 rings (SSSR count). The molecule has 1 aliphatic heterocycles. The molecule has 4 heteroatoms. The van der Waals surface area contributed by atoms with Gasteiger partial charge in [0, 0.05) is 30.2 Å². The molecule has 4 nitrogen and oxygen atoms in total. The van der Waals surface area contributed by atoms with Gasteiger partial charge in [-0.15, -0.1) is 0 Å². The number of para-hydroxylation sites is 1. The predicted octanol–water partition coefficient (Wildman–Crippen LogP) is 2.49. The fourth-order valence-corrected chi connectivity index (χ4v) is 2.34. The van der Waals surface area contributed by atoms with Crippen molar-refractivity contribution < 1.29 is 4.42 Å². The lowest BCUT2D eigenvalue weighted by molar-refractivity contribution is 0.616. The number of hydrogen-bond donors (Lipinski definition) is 1. The molecule has 3 heterocycles. The lowest BCUT2D eigenvalue weighted by Crippen LogP contribution is -2.00. The number of nitrogens with zero attached hydrogens (tertiary/aromatic N) is 2. The summed E-state index contributed by atoms with van der Waals surface area (Å²) >= 11 is 0. The monoisotopic (exact) mass is 237 g/mol. The highest BCUT2D eigenvalue weighted by Gasteiger charge is 2.16. The first-order valence-corrected chi connectivity index (χ1v) is 5.94. The quantitative estimate of drug-likeness (QED) is 0.706. The minimum absolute atomic E-state index is 0.738. The molecule has 0 atom stereocenters. The van der Waals surface area contributed by atoms with E-state index in [1.165, 1.54) is 5.56 Å². The van der Waals surface area contributed by atoms with Crippen LogP contribution in [0.25, 0.3) is 22.4 Å². The summed E-state index contributed by atoms with van der Waals surface area (Å²) in [5, 5.41) is 4.33. The fraction of sp³-hybridized carbons (Fsp3) is 0.143. The number of furan rings is 1. The smallest absolute Gasteiger partial charge is 0.163 e. The third-order valence-electron chi connectivity index (χ3n) is 3.28. The van der Waals surface area contributed by atoms with E-state index in [9.17, 15) is 0 Å². The number of fused-ring (bicyclic) bond motifs is 2. The molecule has 88 valence electrons. The Kier molecular flexibility index (Phi) is 1.98. The third-order valence-corrected chi connectivity index (χ3v) is 3.28. The van der Waals surface area contributed by atoms with E-state index >= 15 is 0 Å². The van der Waals surface area contributed by atoms with Crippen LogP contribution in [-0.4, -0.2) is 9.97 Å². The van der Waals surface area contributed by atoms with Crippen molar-refractivity contribution in [1.29, 1.82) is 0 Å². The maximum atomic E-state index is 5.53. The van der Waals surface area contributed by atoms with E-state index < -0.39 is 0 Å². The SMILES string of the molecule is c1ccc2c(-c3ncc4c(n3)CNC4)coc2c1. The number of aromatic nitrogens is 2. The Hall–Kier alpha value is -2.20. The second kappa shape index (κ2) is 3.65. The van der Waals surface area contributed by atoms with Crippen LogP contribution in [0.3, 0.4) is 0 Å². The maximum absolute atomic E-state index is 5.53. The summed E-state index contributed by atoms with van der Waals surface area (Å²) < 4.78 is 5.53. The molecule has 0 amide bonds.